The number of hydrogen-bond acceptors (Lipinski definition) is 4. The highest BCUT2D eigenvalue weighted by atomic mass is 32.2. The Bertz CT molecular complexity index is 464. The molecule has 0 saturated carbocycles. The maximum atomic E-state index is 11.7. The van der Waals surface area contributed by atoms with Gasteiger partial charge in [-0.15, -0.1) is 11.3 Å². The van der Waals surface area contributed by atoms with Gasteiger partial charge in [0.2, 0.25) is 10.0 Å². The van der Waals surface area contributed by atoms with Crippen molar-refractivity contribution >= 4 is 27.3 Å². The van der Waals surface area contributed by atoms with Crippen LogP contribution in [0.2, 0.25) is 0 Å². The average Bonchev–Trinajstić information content (AvgIpc) is 2.66. The maximum Gasteiger partial charge on any atom is 0.347 e. The van der Waals surface area contributed by atoms with Crippen LogP contribution in [0.1, 0.15) is 29.4 Å². The number of thiophene rings is 1. The first-order chi connectivity index (χ1) is 7.49. The van der Waals surface area contributed by atoms with Crippen LogP contribution in [0.5, 0.6) is 0 Å². The molecule has 0 spiro atoms. The van der Waals surface area contributed by atoms with Crippen LogP contribution in [-0.2, 0) is 10.0 Å². The molecule has 7 heteroatoms. The quantitative estimate of drug-likeness (QED) is 0.762. The van der Waals surface area contributed by atoms with Gasteiger partial charge in [-0.2, -0.15) is 0 Å². The first kappa shape index (κ1) is 13.1. The van der Waals surface area contributed by atoms with Gasteiger partial charge in [0, 0.05) is 6.54 Å². The van der Waals surface area contributed by atoms with E-state index in [2.05, 4.69) is 4.72 Å². The standard InChI is InChI=1S/C9H13NO4S2/c1-2-3-5-10-16(13,14)7-4-6-15-8(7)9(11)12/h4,6,10H,2-3,5H2,1H3,(H,11,12). The van der Waals surface area contributed by atoms with Crippen LogP contribution in [0.3, 0.4) is 0 Å². The summed E-state index contributed by atoms with van der Waals surface area (Å²) in [5.41, 5.74) is 0. The molecule has 0 saturated heterocycles. The molecule has 0 aromatic carbocycles. The Balaban J connectivity index is 2.90. The summed E-state index contributed by atoms with van der Waals surface area (Å²) in [6.45, 7) is 2.27. The van der Waals surface area contributed by atoms with Crippen molar-refractivity contribution in [1.82, 2.24) is 4.72 Å². The van der Waals surface area contributed by atoms with E-state index in [0.29, 0.717) is 6.54 Å². The van der Waals surface area contributed by atoms with Crippen LogP contribution in [0, 0.1) is 0 Å². The maximum absolute atomic E-state index is 11.7. The van der Waals surface area contributed by atoms with E-state index < -0.39 is 16.0 Å². The van der Waals surface area contributed by atoms with Crippen LogP contribution < -0.4 is 4.72 Å². The number of unbranched alkanes of at least 4 members (excludes halogenated alkanes) is 1. The summed E-state index contributed by atoms with van der Waals surface area (Å²) >= 11 is 0.905. The van der Waals surface area contributed by atoms with Crippen molar-refractivity contribution in [3.63, 3.8) is 0 Å². The lowest BCUT2D eigenvalue weighted by atomic mass is 10.3. The molecular weight excluding hydrogens is 250 g/mol. The molecule has 0 aliphatic carbocycles. The summed E-state index contributed by atoms with van der Waals surface area (Å²) in [4.78, 5) is 10.5. The van der Waals surface area contributed by atoms with Gasteiger partial charge in [0.05, 0.1) is 0 Å². The Morgan fingerprint density at radius 1 is 1.56 bits per heavy atom. The van der Waals surface area contributed by atoms with Crippen molar-refractivity contribution in [2.75, 3.05) is 6.54 Å². The van der Waals surface area contributed by atoms with E-state index in [1.54, 1.807) is 0 Å². The zero-order chi connectivity index (χ0) is 12.2. The highest BCUT2D eigenvalue weighted by molar-refractivity contribution is 7.89. The highest BCUT2D eigenvalue weighted by Crippen LogP contribution is 2.21. The average molecular weight is 263 g/mol. The van der Waals surface area contributed by atoms with Gasteiger partial charge >= 0.3 is 5.97 Å². The smallest absolute Gasteiger partial charge is 0.347 e. The third kappa shape index (κ3) is 3.03. The van der Waals surface area contributed by atoms with E-state index in [0.717, 1.165) is 24.2 Å². The minimum Gasteiger partial charge on any atom is -0.477 e. The lowest BCUT2D eigenvalue weighted by Crippen LogP contribution is -2.25. The minimum absolute atomic E-state index is 0.149. The molecule has 1 aromatic rings. The monoisotopic (exact) mass is 263 g/mol. The Kier molecular flexibility index (Phi) is 4.45. The van der Waals surface area contributed by atoms with Gasteiger partial charge in [0.25, 0.3) is 0 Å². The van der Waals surface area contributed by atoms with Crippen molar-refractivity contribution in [3.05, 3.63) is 16.3 Å². The predicted octanol–water partition coefficient (Wildman–Crippen LogP) is 1.52. The molecule has 0 aliphatic rings. The molecule has 0 atom stereocenters. The number of carboxylic acids is 1. The van der Waals surface area contributed by atoms with Gasteiger partial charge in [-0.1, -0.05) is 13.3 Å². The highest BCUT2D eigenvalue weighted by Gasteiger charge is 2.22. The van der Waals surface area contributed by atoms with E-state index in [9.17, 15) is 13.2 Å². The summed E-state index contributed by atoms with van der Waals surface area (Å²) in [6, 6.07) is 1.31. The molecule has 16 heavy (non-hydrogen) atoms. The Labute approximate surface area is 98.2 Å². The second-order valence-corrected chi connectivity index (χ2v) is 5.82. The molecule has 2 N–H and O–H groups in total. The van der Waals surface area contributed by atoms with Gasteiger partial charge < -0.3 is 5.11 Å². The molecule has 1 heterocycles. The first-order valence-electron chi connectivity index (χ1n) is 4.79. The van der Waals surface area contributed by atoms with Crippen molar-refractivity contribution in [2.45, 2.75) is 24.7 Å². The molecule has 90 valence electrons. The Morgan fingerprint density at radius 2 is 2.25 bits per heavy atom. The van der Waals surface area contributed by atoms with Gasteiger partial charge in [0.15, 0.2) is 0 Å². The van der Waals surface area contributed by atoms with E-state index in [1.165, 1.54) is 11.4 Å². The fraction of sp³-hybridized carbons (Fsp3) is 0.444. The van der Waals surface area contributed by atoms with E-state index in [-0.39, 0.29) is 9.77 Å². The van der Waals surface area contributed by atoms with Crippen LogP contribution in [0.15, 0.2) is 16.3 Å². The molecule has 1 aromatic heterocycles. The summed E-state index contributed by atoms with van der Waals surface area (Å²) in [6.07, 6.45) is 1.60. The predicted molar refractivity (Wildman–Crippen MR) is 61.4 cm³/mol. The van der Waals surface area contributed by atoms with Crippen molar-refractivity contribution in [3.8, 4) is 0 Å². The second kappa shape index (κ2) is 5.42. The number of carboxylic acid groups (broad SMARTS) is 1. The van der Waals surface area contributed by atoms with Crippen LogP contribution in [0.4, 0.5) is 0 Å². The molecule has 0 unspecified atom stereocenters. The summed E-state index contributed by atoms with van der Waals surface area (Å²) in [5, 5.41) is 10.3. The van der Waals surface area contributed by atoms with E-state index in [1.807, 2.05) is 6.92 Å². The van der Waals surface area contributed by atoms with Crippen molar-refractivity contribution < 1.29 is 18.3 Å². The normalized spacial score (nSPS) is 11.6. The second-order valence-electron chi connectivity index (χ2n) is 3.17. The molecular formula is C9H13NO4S2. The molecule has 0 fully saturated rings. The first-order valence-corrected chi connectivity index (χ1v) is 7.15. The fourth-order valence-electron chi connectivity index (χ4n) is 1.13. The molecule has 0 amide bonds. The molecule has 0 aliphatic heterocycles. The third-order valence-electron chi connectivity index (χ3n) is 1.94. The van der Waals surface area contributed by atoms with E-state index in [4.69, 9.17) is 5.11 Å². The number of rotatable bonds is 6. The van der Waals surface area contributed by atoms with Crippen LogP contribution >= 0.6 is 11.3 Å². The fourth-order valence-corrected chi connectivity index (χ4v) is 3.46. The van der Waals surface area contributed by atoms with Gasteiger partial charge in [0.1, 0.15) is 9.77 Å². The summed E-state index contributed by atoms with van der Waals surface area (Å²) < 4.78 is 25.8. The SMILES string of the molecule is CCCCNS(=O)(=O)c1ccsc1C(=O)O. The Hall–Kier alpha value is -0.920. The minimum atomic E-state index is -3.69. The largest absolute Gasteiger partial charge is 0.477 e. The number of carbonyl (C=O) groups is 1. The van der Waals surface area contributed by atoms with Gasteiger partial charge in [-0.25, -0.2) is 17.9 Å². The van der Waals surface area contributed by atoms with Crippen molar-refractivity contribution in [1.29, 1.82) is 0 Å². The Morgan fingerprint density at radius 3 is 2.81 bits per heavy atom. The summed E-state index contributed by atoms with van der Waals surface area (Å²) in [7, 11) is -3.69. The van der Waals surface area contributed by atoms with Crippen LogP contribution in [-0.4, -0.2) is 26.0 Å². The van der Waals surface area contributed by atoms with Crippen LogP contribution in [0.25, 0.3) is 0 Å². The third-order valence-corrected chi connectivity index (χ3v) is 4.47. The lowest BCUT2D eigenvalue weighted by molar-refractivity contribution is 0.0698. The molecule has 0 bridgehead atoms. The topological polar surface area (TPSA) is 83.5 Å². The number of hydrogen-bond donors (Lipinski definition) is 2. The van der Waals surface area contributed by atoms with Gasteiger partial charge in [-0.05, 0) is 17.9 Å². The van der Waals surface area contributed by atoms with E-state index >= 15 is 0 Å². The zero-order valence-corrected chi connectivity index (χ0v) is 10.4. The summed E-state index contributed by atoms with van der Waals surface area (Å²) in [5.74, 6) is -1.22. The molecule has 1 rings (SSSR count). The zero-order valence-electron chi connectivity index (χ0n) is 8.76. The lowest BCUT2D eigenvalue weighted by Gasteiger charge is -2.04. The molecule has 5 nitrogen and oxygen atoms in total. The molecule has 0 radical (unpaired) electrons. The number of aromatic carboxylic acids is 1. The van der Waals surface area contributed by atoms with Crippen molar-refractivity contribution in [2.24, 2.45) is 0 Å². The number of nitrogens with one attached hydrogen (secondary N) is 1. The van der Waals surface area contributed by atoms with Gasteiger partial charge in [-0.3, -0.25) is 0 Å². The number of sulfonamides is 1.